The summed E-state index contributed by atoms with van der Waals surface area (Å²) in [6, 6.07) is 13.1. The molecular weight excluding hydrogens is 308 g/mol. The molecule has 0 atom stereocenters. The van der Waals surface area contributed by atoms with Crippen molar-refractivity contribution in [1.82, 2.24) is 0 Å². The van der Waals surface area contributed by atoms with Gasteiger partial charge in [0.15, 0.2) is 0 Å². The van der Waals surface area contributed by atoms with E-state index < -0.39 is 12.1 Å². The molecule has 0 saturated carbocycles. The number of carbonyl (C=O) groups is 2. The summed E-state index contributed by atoms with van der Waals surface area (Å²) in [7, 11) is 3.87. The number of nitrogen functional groups attached to an aromatic ring is 1. The van der Waals surface area contributed by atoms with Crippen LogP contribution in [0, 0.1) is 0 Å². The van der Waals surface area contributed by atoms with Crippen molar-refractivity contribution < 1.29 is 9.59 Å². The van der Waals surface area contributed by atoms with Gasteiger partial charge in [-0.05, 0) is 36.4 Å². The lowest BCUT2D eigenvalue weighted by Crippen LogP contribution is -2.19. The van der Waals surface area contributed by atoms with Crippen LogP contribution < -0.4 is 32.7 Å². The van der Waals surface area contributed by atoms with Crippen LogP contribution >= 0.6 is 0 Å². The maximum Gasteiger partial charge on any atom is 0.316 e. The van der Waals surface area contributed by atoms with Crippen LogP contribution in [0.4, 0.5) is 32.3 Å². The normalized spacial score (nSPS) is 9.25. The number of nitrogens with zero attached hydrogens (tertiary/aromatic N) is 1. The molecule has 0 bridgehead atoms. The predicted molar refractivity (Wildman–Crippen MR) is 98.0 cm³/mol. The minimum Gasteiger partial charge on any atom is -0.399 e. The molecule has 2 aromatic rings. The van der Waals surface area contributed by atoms with E-state index in [1.807, 2.05) is 37.2 Å². The number of nitrogens with two attached hydrogens (primary N) is 3. The number of benzene rings is 2. The highest BCUT2D eigenvalue weighted by Crippen LogP contribution is 2.16. The zero-order chi connectivity index (χ0) is 18.1. The third-order valence-electron chi connectivity index (χ3n) is 2.78. The Morgan fingerprint density at radius 3 is 1.83 bits per heavy atom. The van der Waals surface area contributed by atoms with Crippen molar-refractivity contribution in [2.45, 2.75) is 0 Å². The highest BCUT2D eigenvalue weighted by atomic mass is 16.2. The van der Waals surface area contributed by atoms with Gasteiger partial charge < -0.3 is 32.7 Å². The fourth-order valence-electron chi connectivity index (χ4n) is 1.76. The Morgan fingerprint density at radius 1 is 0.875 bits per heavy atom. The van der Waals surface area contributed by atoms with Crippen LogP contribution in [0.2, 0.25) is 0 Å². The summed E-state index contributed by atoms with van der Waals surface area (Å²) in [4.78, 5) is 22.8. The van der Waals surface area contributed by atoms with E-state index in [-0.39, 0.29) is 0 Å². The topological polar surface area (TPSA) is 140 Å². The largest absolute Gasteiger partial charge is 0.399 e. The molecule has 0 unspecified atom stereocenters. The maximum absolute atomic E-state index is 10.5. The van der Waals surface area contributed by atoms with Crippen molar-refractivity contribution in [3.05, 3.63) is 48.5 Å². The standard InChI is InChI=1S/C9H13N3O.C7H9N3O/c1-12(2)8-5-3-4-7(6-8)11-9(10)13;8-5-2-1-3-6(4-5)10-7(9)11/h3-6H,1-2H3,(H3,10,11,13);1-4H,8H2,(H3,9,10,11). The summed E-state index contributed by atoms with van der Waals surface area (Å²) in [5.74, 6) is 0. The molecule has 2 rings (SSSR count). The Bertz CT molecular complexity index is 702. The molecular formula is C16H22N6O2. The molecule has 0 radical (unpaired) electrons. The second-order valence-corrected chi connectivity index (χ2v) is 5.05. The van der Waals surface area contributed by atoms with Crippen molar-refractivity contribution in [2.75, 3.05) is 35.4 Å². The monoisotopic (exact) mass is 330 g/mol. The van der Waals surface area contributed by atoms with Gasteiger partial charge in [0, 0.05) is 36.8 Å². The van der Waals surface area contributed by atoms with E-state index in [1.165, 1.54) is 0 Å². The first-order chi connectivity index (χ1) is 11.3. The van der Waals surface area contributed by atoms with Crippen LogP contribution in [0.3, 0.4) is 0 Å². The highest BCUT2D eigenvalue weighted by Gasteiger charge is 1.98. The van der Waals surface area contributed by atoms with Crippen LogP contribution in [0.5, 0.6) is 0 Å². The van der Waals surface area contributed by atoms with Crippen LogP contribution in [0.1, 0.15) is 0 Å². The quantitative estimate of drug-likeness (QED) is 0.549. The van der Waals surface area contributed by atoms with Gasteiger partial charge in [0.2, 0.25) is 0 Å². The first-order valence-corrected chi connectivity index (χ1v) is 7.04. The molecule has 0 aliphatic heterocycles. The smallest absolute Gasteiger partial charge is 0.316 e. The number of carbonyl (C=O) groups excluding carboxylic acids is 2. The van der Waals surface area contributed by atoms with Gasteiger partial charge in [-0.3, -0.25) is 0 Å². The first-order valence-electron chi connectivity index (χ1n) is 7.04. The molecule has 0 aliphatic carbocycles. The Kier molecular flexibility index (Phi) is 6.90. The summed E-state index contributed by atoms with van der Waals surface area (Å²) >= 11 is 0. The van der Waals surface area contributed by atoms with Gasteiger partial charge in [0.05, 0.1) is 0 Å². The second-order valence-electron chi connectivity index (χ2n) is 5.05. The van der Waals surface area contributed by atoms with E-state index in [9.17, 15) is 9.59 Å². The van der Waals surface area contributed by atoms with Gasteiger partial charge in [0.1, 0.15) is 0 Å². The first kappa shape index (κ1) is 18.6. The Morgan fingerprint density at radius 2 is 1.38 bits per heavy atom. The molecule has 0 spiro atoms. The fraction of sp³-hybridized carbons (Fsp3) is 0.125. The summed E-state index contributed by atoms with van der Waals surface area (Å²) in [6.45, 7) is 0. The number of amides is 4. The molecule has 8 heteroatoms. The molecule has 128 valence electrons. The average Bonchev–Trinajstić information content (AvgIpc) is 2.46. The lowest BCUT2D eigenvalue weighted by molar-refractivity contribution is 0.258. The summed E-state index contributed by atoms with van der Waals surface area (Å²) in [6.07, 6.45) is 0. The number of rotatable bonds is 3. The van der Waals surface area contributed by atoms with E-state index in [0.717, 1.165) is 5.69 Å². The molecule has 0 aromatic heterocycles. The molecule has 8 nitrogen and oxygen atoms in total. The maximum atomic E-state index is 10.5. The molecule has 0 fully saturated rings. The Hall–Kier alpha value is -3.42. The van der Waals surface area contributed by atoms with Gasteiger partial charge in [-0.15, -0.1) is 0 Å². The number of nitrogens with one attached hydrogen (secondary N) is 2. The number of urea groups is 2. The van der Waals surface area contributed by atoms with Gasteiger partial charge in [-0.2, -0.15) is 0 Å². The van der Waals surface area contributed by atoms with Crippen molar-refractivity contribution in [3.63, 3.8) is 0 Å². The Balaban J connectivity index is 0.000000243. The molecule has 8 N–H and O–H groups in total. The zero-order valence-corrected chi connectivity index (χ0v) is 13.6. The average molecular weight is 330 g/mol. The fourth-order valence-corrected chi connectivity index (χ4v) is 1.76. The second kappa shape index (κ2) is 8.89. The minimum atomic E-state index is -0.587. The Labute approximate surface area is 140 Å². The van der Waals surface area contributed by atoms with Crippen LogP contribution in [0.15, 0.2) is 48.5 Å². The summed E-state index contributed by atoms with van der Waals surface area (Å²) in [5.41, 5.74) is 18.2. The summed E-state index contributed by atoms with van der Waals surface area (Å²) < 4.78 is 0. The van der Waals surface area contributed by atoms with Gasteiger partial charge in [0.25, 0.3) is 0 Å². The number of hydrogen-bond donors (Lipinski definition) is 5. The van der Waals surface area contributed by atoms with E-state index in [4.69, 9.17) is 17.2 Å². The van der Waals surface area contributed by atoms with Crippen molar-refractivity contribution in [2.24, 2.45) is 11.5 Å². The van der Waals surface area contributed by atoms with Gasteiger partial charge in [-0.25, -0.2) is 9.59 Å². The predicted octanol–water partition coefficient (Wildman–Crippen LogP) is 2.00. The molecule has 0 heterocycles. The van der Waals surface area contributed by atoms with Crippen LogP contribution in [-0.2, 0) is 0 Å². The number of primary amides is 2. The molecule has 0 saturated heterocycles. The molecule has 2 aromatic carbocycles. The number of hydrogen-bond acceptors (Lipinski definition) is 4. The lowest BCUT2D eigenvalue weighted by atomic mass is 10.2. The van der Waals surface area contributed by atoms with Crippen LogP contribution in [-0.4, -0.2) is 26.2 Å². The van der Waals surface area contributed by atoms with E-state index in [2.05, 4.69) is 10.6 Å². The van der Waals surface area contributed by atoms with E-state index in [0.29, 0.717) is 17.1 Å². The number of anilines is 4. The highest BCUT2D eigenvalue weighted by molar-refractivity contribution is 5.88. The summed E-state index contributed by atoms with van der Waals surface area (Å²) in [5, 5.41) is 4.92. The van der Waals surface area contributed by atoms with Crippen LogP contribution in [0.25, 0.3) is 0 Å². The molecule has 24 heavy (non-hydrogen) atoms. The molecule has 4 amide bonds. The van der Waals surface area contributed by atoms with Gasteiger partial charge >= 0.3 is 12.1 Å². The van der Waals surface area contributed by atoms with Crippen molar-refractivity contribution in [1.29, 1.82) is 0 Å². The third-order valence-corrected chi connectivity index (χ3v) is 2.78. The van der Waals surface area contributed by atoms with E-state index in [1.54, 1.807) is 30.3 Å². The lowest BCUT2D eigenvalue weighted by Gasteiger charge is -2.13. The van der Waals surface area contributed by atoms with Crippen molar-refractivity contribution in [3.8, 4) is 0 Å². The SMILES string of the molecule is CN(C)c1cccc(NC(N)=O)c1.NC(=O)Nc1cccc(N)c1. The van der Waals surface area contributed by atoms with Crippen molar-refractivity contribution >= 4 is 34.8 Å². The zero-order valence-electron chi connectivity index (χ0n) is 13.6. The molecule has 0 aliphatic rings. The minimum absolute atomic E-state index is 0.545. The van der Waals surface area contributed by atoms with E-state index >= 15 is 0 Å². The van der Waals surface area contributed by atoms with Gasteiger partial charge in [-0.1, -0.05) is 12.1 Å². The third kappa shape index (κ3) is 7.03.